The third kappa shape index (κ3) is 6.14. The molecule has 0 aliphatic carbocycles. The van der Waals surface area contributed by atoms with Gasteiger partial charge in [-0.1, -0.05) is 20.8 Å². The van der Waals surface area contributed by atoms with Crippen LogP contribution in [0.1, 0.15) is 50.0 Å². The lowest BCUT2D eigenvalue weighted by atomic mass is 9.83. The molecule has 3 N–H and O–H groups in total. The number of hydrogen-bond donors (Lipinski definition) is 2. The fourth-order valence-electron chi connectivity index (χ4n) is 1.90. The van der Waals surface area contributed by atoms with Crippen molar-refractivity contribution in [2.24, 2.45) is 11.1 Å². The Bertz CT molecular complexity index is 518. The van der Waals surface area contributed by atoms with Crippen LogP contribution >= 0.6 is 12.4 Å². The van der Waals surface area contributed by atoms with Crippen molar-refractivity contribution in [3.8, 4) is 0 Å². The highest BCUT2D eigenvalue weighted by molar-refractivity contribution is 5.85. The molecule has 0 aliphatic heterocycles. The Morgan fingerprint density at radius 3 is 1.58 bits per heavy atom. The van der Waals surface area contributed by atoms with E-state index in [1.807, 2.05) is 0 Å². The Labute approximate surface area is 142 Å². The summed E-state index contributed by atoms with van der Waals surface area (Å²) in [5.41, 5.74) is 2.03. The van der Waals surface area contributed by atoms with Gasteiger partial charge in [-0.25, -0.2) is 0 Å². The van der Waals surface area contributed by atoms with Crippen molar-refractivity contribution in [2.75, 3.05) is 0 Å². The van der Waals surface area contributed by atoms with Crippen LogP contribution in [0.15, 0.2) is 18.2 Å². The first kappa shape index (κ1) is 23.0. The van der Waals surface area contributed by atoms with Crippen molar-refractivity contribution < 1.29 is 31.4 Å². The summed E-state index contributed by atoms with van der Waals surface area (Å²) in [5, 5.41) is 10.0. The van der Waals surface area contributed by atoms with E-state index in [-0.39, 0.29) is 24.9 Å². The van der Waals surface area contributed by atoms with Crippen molar-refractivity contribution in [2.45, 2.75) is 51.7 Å². The van der Waals surface area contributed by atoms with E-state index in [9.17, 15) is 31.4 Å². The largest absolute Gasteiger partial charge is 0.416 e. The van der Waals surface area contributed by atoms with Crippen LogP contribution in [0.3, 0.4) is 0 Å². The maximum Gasteiger partial charge on any atom is 0.416 e. The summed E-state index contributed by atoms with van der Waals surface area (Å²) in [5.74, 6) is 0. The summed E-state index contributed by atoms with van der Waals surface area (Å²) in [4.78, 5) is 0. The molecule has 0 unspecified atom stereocenters. The standard InChI is InChI=1S/C15H19F6NO.ClH/c1-13(2,3)12(22)7-11(23)8-4-9(14(16,17)18)6-10(5-8)15(19,20)21;/h4-6,11-12,23H,7,22H2,1-3H3;1H/t11-,12-;/m0./s1. The summed E-state index contributed by atoms with van der Waals surface area (Å²) in [6, 6.07) is 0.478. The first-order valence-electron chi connectivity index (χ1n) is 6.85. The van der Waals surface area contributed by atoms with Gasteiger partial charge in [0.15, 0.2) is 0 Å². The first-order valence-corrected chi connectivity index (χ1v) is 6.85. The Morgan fingerprint density at radius 1 is 0.917 bits per heavy atom. The van der Waals surface area contributed by atoms with Crippen LogP contribution in [-0.4, -0.2) is 11.1 Å². The van der Waals surface area contributed by atoms with Crippen LogP contribution in [0, 0.1) is 5.41 Å². The van der Waals surface area contributed by atoms with Gasteiger partial charge in [0, 0.05) is 6.04 Å². The maximum atomic E-state index is 12.8. The number of aliphatic hydroxyl groups excluding tert-OH is 1. The zero-order chi connectivity index (χ0) is 18.2. The zero-order valence-electron chi connectivity index (χ0n) is 13.3. The molecule has 0 aromatic heterocycles. The Balaban J connectivity index is 0.00000529. The number of hydrogen-bond acceptors (Lipinski definition) is 2. The molecule has 24 heavy (non-hydrogen) atoms. The molecule has 0 spiro atoms. The Kier molecular flexibility index (Phi) is 7.18. The normalized spacial score (nSPS) is 15.6. The van der Waals surface area contributed by atoms with Crippen LogP contribution < -0.4 is 5.73 Å². The number of aliphatic hydroxyl groups is 1. The molecule has 0 radical (unpaired) electrons. The van der Waals surface area contributed by atoms with Gasteiger partial charge in [-0.15, -0.1) is 12.4 Å². The van der Waals surface area contributed by atoms with Crippen LogP contribution in [0.25, 0.3) is 0 Å². The van der Waals surface area contributed by atoms with Gasteiger partial charge in [0.05, 0.1) is 17.2 Å². The van der Waals surface area contributed by atoms with Crippen molar-refractivity contribution in [1.82, 2.24) is 0 Å². The molecule has 2 nitrogen and oxygen atoms in total. The average Bonchev–Trinajstić information content (AvgIpc) is 2.34. The van der Waals surface area contributed by atoms with E-state index in [0.717, 1.165) is 0 Å². The third-order valence-electron chi connectivity index (χ3n) is 3.58. The van der Waals surface area contributed by atoms with Crippen molar-refractivity contribution in [1.29, 1.82) is 0 Å². The molecule has 140 valence electrons. The quantitative estimate of drug-likeness (QED) is 0.730. The van der Waals surface area contributed by atoms with Gasteiger partial charge < -0.3 is 10.8 Å². The third-order valence-corrected chi connectivity index (χ3v) is 3.58. The van der Waals surface area contributed by atoms with E-state index >= 15 is 0 Å². The van der Waals surface area contributed by atoms with Gasteiger partial charge >= 0.3 is 12.4 Å². The highest BCUT2D eigenvalue weighted by Gasteiger charge is 2.37. The smallest absolute Gasteiger partial charge is 0.388 e. The second kappa shape index (κ2) is 7.49. The molecule has 1 aromatic rings. The fraction of sp³-hybridized carbons (Fsp3) is 0.600. The number of halogens is 7. The molecule has 0 aliphatic rings. The van der Waals surface area contributed by atoms with E-state index < -0.39 is 46.6 Å². The van der Waals surface area contributed by atoms with E-state index in [0.29, 0.717) is 12.1 Å². The van der Waals surface area contributed by atoms with E-state index in [2.05, 4.69) is 0 Å². The Morgan fingerprint density at radius 2 is 1.29 bits per heavy atom. The molecule has 0 bridgehead atoms. The topological polar surface area (TPSA) is 46.2 Å². The number of rotatable bonds is 3. The second-order valence-electron chi connectivity index (χ2n) is 6.56. The molecule has 0 saturated carbocycles. The van der Waals surface area contributed by atoms with E-state index in [4.69, 9.17) is 5.73 Å². The van der Waals surface area contributed by atoms with Gasteiger partial charge in [-0.05, 0) is 35.6 Å². The molecule has 0 saturated heterocycles. The van der Waals surface area contributed by atoms with Gasteiger partial charge in [0.1, 0.15) is 0 Å². The van der Waals surface area contributed by atoms with Crippen molar-refractivity contribution in [3.05, 3.63) is 34.9 Å². The van der Waals surface area contributed by atoms with Crippen molar-refractivity contribution >= 4 is 12.4 Å². The number of nitrogens with two attached hydrogens (primary N) is 1. The van der Waals surface area contributed by atoms with Crippen molar-refractivity contribution in [3.63, 3.8) is 0 Å². The van der Waals surface area contributed by atoms with E-state index in [1.54, 1.807) is 20.8 Å². The predicted molar refractivity (Wildman–Crippen MR) is 80.7 cm³/mol. The minimum atomic E-state index is -4.94. The summed E-state index contributed by atoms with van der Waals surface area (Å²) >= 11 is 0. The summed E-state index contributed by atoms with van der Waals surface area (Å²) in [6.45, 7) is 5.28. The number of benzene rings is 1. The first-order chi connectivity index (χ1) is 10.1. The minimum absolute atomic E-state index is 0. The van der Waals surface area contributed by atoms with Crippen LogP contribution in [0.4, 0.5) is 26.3 Å². The molecule has 0 amide bonds. The number of alkyl halides is 6. The van der Waals surface area contributed by atoms with Gasteiger partial charge in [0.2, 0.25) is 0 Å². The minimum Gasteiger partial charge on any atom is -0.388 e. The molecule has 9 heteroatoms. The Hall–Kier alpha value is -0.990. The molecule has 0 heterocycles. The van der Waals surface area contributed by atoms with Gasteiger partial charge in [-0.3, -0.25) is 0 Å². The van der Waals surface area contributed by atoms with Crippen LogP contribution in [-0.2, 0) is 12.4 Å². The average molecular weight is 380 g/mol. The molecule has 2 atom stereocenters. The van der Waals surface area contributed by atoms with Gasteiger partial charge in [-0.2, -0.15) is 26.3 Å². The molecule has 1 aromatic carbocycles. The summed E-state index contributed by atoms with van der Waals surface area (Å²) < 4.78 is 76.7. The second-order valence-corrected chi connectivity index (χ2v) is 6.56. The van der Waals surface area contributed by atoms with Crippen LogP contribution in [0.5, 0.6) is 0 Å². The maximum absolute atomic E-state index is 12.8. The lowest BCUT2D eigenvalue weighted by molar-refractivity contribution is -0.143. The van der Waals surface area contributed by atoms with Gasteiger partial charge in [0.25, 0.3) is 0 Å². The van der Waals surface area contributed by atoms with E-state index in [1.165, 1.54) is 0 Å². The molecule has 0 fully saturated rings. The molecular weight excluding hydrogens is 360 g/mol. The SMILES string of the molecule is CC(C)(C)[C@@H](N)C[C@H](O)c1cc(C(F)(F)F)cc(C(F)(F)F)c1.Cl. The molecular formula is C15H20ClF6NO. The van der Waals surface area contributed by atoms with Crippen LogP contribution in [0.2, 0.25) is 0 Å². The predicted octanol–water partition coefficient (Wildman–Crippen LogP) is 4.94. The molecule has 1 rings (SSSR count). The summed E-state index contributed by atoms with van der Waals surface area (Å²) in [6.07, 6.45) is -11.6. The zero-order valence-corrected chi connectivity index (χ0v) is 14.1. The monoisotopic (exact) mass is 379 g/mol. The lowest BCUT2D eigenvalue weighted by Gasteiger charge is -2.29. The highest BCUT2D eigenvalue weighted by atomic mass is 35.5. The highest BCUT2D eigenvalue weighted by Crippen LogP contribution is 2.38. The fourth-order valence-corrected chi connectivity index (χ4v) is 1.90. The summed E-state index contributed by atoms with van der Waals surface area (Å²) in [7, 11) is 0. The lowest BCUT2D eigenvalue weighted by Crippen LogP contribution is -2.36.